The van der Waals surface area contributed by atoms with Gasteiger partial charge in [-0.3, -0.25) is 4.79 Å². The van der Waals surface area contributed by atoms with E-state index in [2.05, 4.69) is 4.99 Å². The van der Waals surface area contributed by atoms with Crippen molar-refractivity contribution in [3.63, 3.8) is 0 Å². The molecule has 2 aliphatic rings. The number of benzene rings is 2. The van der Waals surface area contributed by atoms with Crippen LogP contribution in [0.15, 0.2) is 53.0 Å². The van der Waals surface area contributed by atoms with Gasteiger partial charge in [0.05, 0.1) is 34.5 Å². The zero-order valence-corrected chi connectivity index (χ0v) is 20.5. The first-order valence-corrected chi connectivity index (χ1v) is 12.1. The molecule has 1 spiro atoms. The molecule has 190 valence electrons. The van der Waals surface area contributed by atoms with E-state index in [-0.39, 0.29) is 5.02 Å². The summed E-state index contributed by atoms with van der Waals surface area (Å²) in [6.07, 6.45) is 0.828. The van der Waals surface area contributed by atoms with Crippen LogP contribution in [0.25, 0.3) is 5.70 Å². The molecular weight excluding hydrogens is 493 g/mol. The Balaban J connectivity index is 1.85. The number of allylic oxidation sites excluding steroid dienone is 1. The lowest BCUT2D eigenvalue weighted by Crippen LogP contribution is -2.35. The summed E-state index contributed by atoms with van der Waals surface area (Å²) in [5, 5.41) is -0.299. The molecule has 2 aromatic rings. The first-order chi connectivity index (χ1) is 17.1. The van der Waals surface area contributed by atoms with Gasteiger partial charge in [0, 0.05) is 11.1 Å². The number of rotatable bonds is 3. The van der Waals surface area contributed by atoms with Crippen molar-refractivity contribution in [1.82, 2.24) is 0 Å². The molecule has 0 aliphatic heterocycles. The number of halogens is 4. The second kappa shape index (κ2) is 10.1. The van der Waals surface area contributed by atoms with E-state index < -0.39 is 34.6 Å². The maximum Gasteiger partial charge on any atom is 0.417 e. The lowest BCUT2D eigenvalue weighted by Gasteiger charge is -2.37. The molecule has 2 aromatic carbocycles. The van der Waals surface area contributed by atoms with Crippen molar-refractivity contribution >= 4 is 34.9 Å². The van der Waals surface area contributed by atoms with Gasteiger partial charge in [-0.1, -0.05) is 42.6 Å². The third-order valence-corrected chi connectivity index (χ3v) is 7.43. The lowest BCUT2D eigenvalue weighted by molar-refractivity contribution is -0.137. The molecule has 2 aliphatic carbocycles. The third-order valence-electron chi connectivity index (χ3n) is 7.12. The number of carbonyl (C=O) groups is 2. The molecule has 0 aromatic heterocycles. The van der Waals surface area contributed by atoms with Gasteiger partial charge in [0.2, 0.25) is 0 Å². The van der Waals surface area contributed by atoms with Gasteiger partial charge in [-0.25, -0.2) is 9.79 Å². The van der Waals surface area contributed by atoms with Crippen LogP contribution in [0.2, 0.25) is 5.02 Å². The summed E-state index contributed by atoms with van der Waals surface area (Å²) in [6, 6.07) is 9.78. The van der Waals surface area contributed by atoms with E-state index in [0.717, 1.165) is 50.7 Å². The Morgan fingerprint density at radius 2 is 1.61 bits per heavy atom. The molecule has 0 radical (unpaired) electrons. The summed E-state index contributed by atoms with van der Waals surface area (Å²) in [6.45, 7) is 0. The van der Waals surface area contributed by atoms with Crippen molar-refractivity contribution in [3.05, 3.63) is 75.3 Å². The number of methoxy groups -OCH3 is 1. The molecule has 0 heterocycles. The highest BCUT2D eigenvalue weighted by Crippen LogP contribution is 2.50. The molecule has 9 heteroatoms. The minimum Gasteiger partial charge on any atom is -0.465 e. The summed E-state index contributed by atoms with van der Waals surface area (Å²) >= 11 is 6.08. The van der Waals surface area contributed by atoms with Crippen LogP contribution in [0.4, 0.5) is 13.2 Å². The van der Waals surface area contributed by atoms with Crippen molar-refractivity contribution in [2.45, 2.75) is 51.1 Å². The fraction of sp³-hybridized carbons (Fsp3) is 0.370. The Hall–Kier alpha value is -3.13. The Morgan fingerprint density at radius 1 is 1.00 bits per heavy atom. The maximum absolute atomic E-state index is 13.7. The second-order valence-electron chi connectivity index (χ2n) is 9.23. The maximum atomic E-state index is 13.7. The number of nitrogens with zero attached hydrogens (tertiary/aromatic N) is 1. The molecule has 0 atom stereocenters. The van der Waals surface area contributed by atoms with Crippen LogP contribution in [0.1, 0.15) is 76.8 Å². The van der Waals surface area contributed by atoms with Crippen LogP contribution in [0.5, 0.6) is 0 Å². The molecule has 0 unspecified atom stereocenters. The number of hydrogen-bond donors (Lipinski definition) is 1. The van der Waals surface area contributed by atoms with Gasteiger partial charge in [0.15, 0.2) is 0 Å². The zero-order chi connectivity index (χ0) is 26.1. The average Bonchev–Trinajstić information content (AvgIpc) is 3.32. The minimum absolute atomic E-state index is 0.299. The van der Waals surface area contributed by atoms with Gasteiger partial charge in [0.1, 0.15) is 0 Å². The largest absolute Gasteiger partial charge is 0.465 e. The van der Waals surface area contributed by atoms with Crippen molar-refractivity contribution in [2.75, 3.05) is 7.11 Å². The molecule has 2 N–H and O–H groups in total. The van der Waals surface area contributed by atoms with Crippen molar-refractivity contribution in [2.24, 2.45) is 16.1 Å². The number of hydrogen-bond acceptors (Lipinski definition) is 4. The molecule has 0 saturated heterocycles. The van der Waals surface area contributed by atoms with E-state index in [9.17, 15) is 22.8 Å². The van der Waals surface area contributed by atoms with E-state index in [0.29, 0.717) is 34.5 Å². The Bertz CT molecular complexity index is 1240. The zero-order valence-electron chi connectivity index (χ0n) is 19.8. The molecule has 36 heavy (non-hydrogen) atoms. The SMILES string of the molecule is COC(=O)c1ccc(/C(N)=C2\CCCC3(CCCC3)C2=NC(=O)c2c(Cl)cccc2C(F)(F)F)cc1. The quantitative estimate of drug-likeness (QED) is 0.451. The first kappa shape index (κ1) is 25.9. The standard InChI is InChI=1S/C27H26ClF3N2O3/c1-36-25(35)17-11-9-16(10-12-17)22(32)18-6-5-15-26(13-2-3-14-26)23(18)33-24(34)21-19(27(29,30)31)7-4-8-20(21)28/h4,7-12H,2-3,5-6,13-15,32H2,1H3/b22-18-,33-23?. The summed E-state index contributed by atoms with van der Waals surface area (Å²) in [5.74, 6) is -1.51. The Labute approximate surface area is 212 Å². The number of aliphatic imine (C=N–C) groups is 1. The molecule has 0 bridgehead atoms. The molecule has 2 fully saturated rings. The summed E-state index contributed by atoms with van der Waals surface area (Å²) in [5.41, 5.74) is 6.88. The predicted molar refractivity (Wildman–Crippen MR) is 132 cm³/mol. The fourth-order valence-corrected chi connectivity index (χ4v) is 5.62. The number of ether oxygens (including phenoxy) is 1. The van der Waals surface area contributed by atoms with Crippen LogP contribution >= 0.6 is 11.6 Å². The van der Waals surface area contributed by atoms with Crippen molar-refractivity contribution in [3.8, 4) is 0 Å². The second-order valence-corrected chi connectivity index (χ2v) is 9.64. The van der Waals surface area contributed by atoms with Crippen LogP contribution in [0.3, 0.4) is 0 Å². The summed E-state index contributed by atoms with van der Waals surface area (Å²) < 4.78 is 45.8. The van der Waals surface area contributed by atoms with E-state index in [1.165, 1.54) is 13.2 Å². The van der Waals surface area contributed by atoms with Crippen LogP contribution in [0, 0.1) is 5.41 Å². The van der Waals surface area contributed by atoms with E-state index in [1.54, 1.807) is 24.3 Å². The van der Waals surface area contributed by atoms with Gasteiger partial charge in [-0.05, 0) is 67.5 Å². The predicted octanol–water partition coefficient (Wildman–Crippen LogP) is 6.84. The van der Waals surface area contributed by atoms with Gasteiger partial charge < -0.3 is 10.5 Å². The molecule has 4 rings (SSSR count). The number of esters is 1. The highest BCUT2D eigenvalue weighted by molar-refractivity contribution is 6.34. The highest BCUT2D eigenvalue weighted by atomic mass is 35.5. The lowest BCUT2D eigenvalue weighted by atomic mass is 9.68. The van der Waals surface area contributed by atoms with Gasteiger partial charge in [-0.2, -0.15) is 13.2 Å². The number of nitrogens with two attached hydrogens (primary N) is 1. The van der Waals surface area contributed by atoms with Crippen LogP contribution < -0.4 is 5.73 Å². The van der Waals surface area contributed by atoms with Crippen LogP contribution in [-0.4, -0.2) is 24.7 Å². The van der Waals surface area contributed by atoms with E-state index in [1.807, 2.05) is 0 Å². The normalized spacial score (nSPS) is 20.0. The smallest absolute Gasteiger partial charge is 0.417 e. The number of carbonyl (C=O) groups excluding carboxylic acids is 2. The third kappa shape index (κ3) is 4.91. The van der Waals surface area contributed by atoms with Gasteiger partial charge in [-0.15, -0.1) is 0 Å². The minimum atomic E-state index is -4.76. The van der Waals surface area contributed by atoms with E-state index >= 15 is 0 Å². The summed E-state index contributed by atoms with van der Waals surface area (Å²) in [7, 11) is 1.29. The topological polar surface area (TPSA) is 81.8 Å². The first-order valence-electron chi connectivity index (χ1n) is 11.7. The monoisotopic (exact) mass is 518 g/mol. The number of alkyl halides is 3. The summed E-state index contributed by atoms with van der Waals surface area (Å²) in [4.78, 5) is 29.4. The fourth-order valence-electron chi connectivity index (χ4n) is 5.36. The molecule has 5 nitrogen and oxygen atoms in total. The number of amides is 1. The average molecular weight is 519 g/mol. The Kier molecular flexibility index (Phi) is 7.27. The van der Waals surface area contributed by atoms with Crippen molar-refractivity contribution in [1.29, 1.82) is 0 Å². The Morgan fingerprint density at radius 3 is 2.22 bits per heavy atom. The molecule has 2 saturated carbocycles. The van der Waals surface area contributed by atoms with Crippen molar-refractivity contribution < 1.29 is 27.5 Å². The molecule has 1 amide bonds. The van der Waals surface area contributed by atoms with Gasteiger partial charge in [0.25, 0.3) is 5.91 Å². The molecular formula is C27H26ClF3N2O3. The van der Waals surface area contributed by atoms with E-state index in [4.69, 9.17) is 22.1 Å². The van der Waals surface area contributed by atoms with Crippen LogP contribution in [-0.2, 0) is 10.9 Å². The van der Waals surface area contributed by atoms with Gasteiger partial charge >= 0.3 is 12.1 Å². The highest BCUT2D eigenvalue weighted by Gasteiger charge is 2.44.